The lowest BCUT2D eigenvalue weighted by Crippen LogP contribution is -1.96. The van der Waals surface area contributed by atoms with Gasteiger partial charge in [0.1, 0.15) is 5.52 Å². The monoisotopic (exact) mass is 318 g/mol. The highest BCUT2D eigenvalue weighted by atomic mass is 16.4. The predicted molar refractivity (Wildman–Crippen MR) is 89.9 cm³/mol. The standard InChI is InChI=1S/C19H14N2O3/c20-12-14-5-3-4-13(10-14)11-15(8-9-18(22)23)19-21-16-6-1-2-7-17(16)24-19/h1-7,10-11H,8-9H2,(H,22,23)/b15-11-. The van der Waals surface area contributed by atoms with Gasteiger partial charge in [-0.15, -0.1) is 0 Å². The Labute approximate surface area is 138 Å². The maximum Gasteiger partial charge on any atom is 0.303 e. The number of allylic oxidation sites excluding steroid dienone is 1. The molecule has 0 atom stereocenters. The van der Waals surface area contributed by atoms with Crippen molar-refractivity contribution in [2.75, 3.05) is 0 Å². The number of aliphatic carboxylic acids is 1. The number of fused-ring (bicyclic) bond motifs is 1. The van der Waals surface area contributed by atoms with Crippen LogP contribution in [0.3, 0.4) is 0 Å². The molecule has 1 heterocycles. The fourth-order valence-electron chi connectivity index (χ4n) is 2.39. The van der Waals surface area contributed by atoms with Crippen molar-refractivity contribution in [2.24, 2.45) is 0 Å². The van der Waals surface area contributed by atoms with E-state index in [1.165, 1.54) is 0 Å². The Balaban J connectivity index is 2.03. The van der Waals surface area contributed by atoms with E-state index in [0.717, 1.165) is 11.1 Å². The van der Waals surface area contributed by atoms with Crippen molar-refractivity contribution in [1.29, 1.82) is 5.26 Å². The number of carboxylic acid groups (broad SMARTS) is 1. The Hall–Kier alpha value is -3.39. The largest absolute Gasteiger partial charge is 0.481 e. The van der Waals surface area contributed by atoms with E-state index in [1.54, 1.807) is 18.2 Å². The molecule has 0 aliphatic rings. The Bertz CT molecular complexity index is 931. The lowest BCUT2D eigenvalue weighted by Gasteiger charge is -2.02. The topological polar surface area (TPSA) is 87.1 Å². The average Bonchev–Trinajstić information content (AvgIpc) is 3.02. The van der Waals surface area contributed by atoms with E-state index in [0.29, 0.717) is 29.0 Å². The van der Waals surface area contributed by atoms with Gasteiger partial charge >= 0.3 is 5.97 Å². The van der Waals surface area contributed by atoms with Gasteiger partial charge in [0.15, 0.2) is 5.58 Å². The minimum Gasteiger partial charge on any atom is -0.481 e. The molecule has 1 aromatic heterocycles. The zero-order valence-corrected chi connectivity index (χ0v) is 12.8. The van der Waals surface area contributed by atoms with Gasteiger partial charge in [-0.3, -0.25) is 4.79 Å². The normalized spacial score (nSPS) is 11.4. The minimum absolute atomic E-state index is 0.0253. The Morgan fingerprint density at radius 2 is 2.04 bits per heavy atom. The van der Waals surface area contributed by atoms with Crippen LogP contribution in [-0.2, 0) is 4.79 Å². The van der Waals surface area contributed by atoms with Crippen molar-refractivity contribution in [3.05, 3.63) is 65.5 Å². The summed E-state index contributed by atoms with van der Waals surface area (Å²) in [6, 6.07) is 16.6. The molecular weight excluding hydrogens is 304 g/mol. The van der Waals surface area contributed by atoms with Crippen LogP contribution < -0.4 is 0 Å². The van der Waals surface area contributed by atoms with E-state index in [1.807, 2.05) is 36.4 Å². The predicted octanol–water partition coefficient (Wildman–Crippen LogP) is 4.10. The van der Waals surface area contributed by atoms with Crippen LogP contribution in [-0.4, -0.2) is 16.1 Å². The maximum absolute atomic E-state index is 10.9. The summed E-state index contributed by atoms with van der Waals surface area (Å²) in [5, 5.41) is 18.0. The van der Waals surface area contributed by atoms with Gasteiger partial charge in [0, 0.05) is 12.0 Å². The zero-order chi connectivity index (χ0) is 16.9. The molecule has 0 bridgehead atoms. The van der Waals surface area contributed by atoms with Crippen molar-refractivity contribution >= 4 is 28.7 Å². The van der Waals surface area contributed by atoms with E-state index in [4.69, 9.17) is 14.8 Å². The molecule has 5 nitrogen and oxygen atoms in total. The quantitative estimate of drug-likeness (QED) is 0.765. The summed E-state index contributed by atoms with van der Waals surface area (Å²) in [6.45, 7) is 0. The number of para-hydroxylation sites is 2. The molecule has 2 aromatic carbocycles. The molecule has 5 heteroatoms. The smallest absolute Gasteiger partial charge is 0.303 e. The zero-order valence-electron chi connectivity index (χ0n) is 12.8. The molecule has 0 radical (unpaired) electrons. The molecule has 0 amide bonds. The van der Waals surface area contributed by atoms with E-state index in [9.17, 15) is 4.79 Å². The van der Waals surface area contributed by atoms with Crippen LogP contribution in [0.5, 0.6) is 0 Å². The first-order chi connectivity index (χ1) is 11.7. The van der Waals surface area contributed by atoms with Crippen LogP contribution in [0.4, 0.5) is 0 Å². The van der Waals surface area contributed by atoms with Gasteiger partial charge in [0.05, 0.1) is 11.6 Å². The molecule has 0 aliphatic heterocycles. The van der Waals surface area contributed by atoms with Crippen molar-refractivity contribution in [2.45, 2.75) is 12.8 Å². The third-order valence-corrected chi connectivity index (χ3v) is 3.53. The third-order valence-electron chi connectivity index (χ3n) is 3.53. The van der Waals surface area contributed by atoms with Crippen molar-refractivity contribution < 1.29 is 14.3 Å². The minimum atomic E-state index is -0.886. The van der Waals surface area contributed by atoms with Crippen LogP contribution in [0.25, 0.3) is 22.7 Å². The fraction of sp³-hybridized carbons (Fsp3) is 0.105. The lowest BCUT2D eigenvalue weighted by molar-refractivity contribution is -0.136. The summed E-state index contributed by atoms with van der Waals surface area (Å²) in [7, 11) is 0. The first-order valence-electron chi connectivity index (χ1n) is 7.44. The highest BCUT2D eigenvalue weighted by molar-refractivity contribution is 5.83. The number of hydrogen-bond donors (Lipinski definition) is 1. The van der Waals surface area contributed by atoms with Gasteiger partial charge in [-0.05, 0) is 42.3 Å². The van der Waals surface area contributed by atoms with Gasteiger partial charge in [-0.2, -0.15) is 5.26 Å². The summed E-state index contributed by atoms with van der Waals surface area (Å²) in [5.74, 6) is -0.484. The van der Waals surface area contributed by atoms with Crippen LogP contribution in [0.2, 0.25) is 0 Å². The first kappa shape index (κ1) is 15.5. The number of rotatable bonds is 5. The number of nitrogens with zero attached hydrogens (tertiary/aromatic N) is 2. The van der Waals surface area contributed by atoms with Crippen LogP contribution >= 0.6 is 0 Å². The third kappa shape index (κ3) is 3.50. The number of carboxylic acids is 1. The van der Waals surface area contributed by atoms with Gasteiger partial charge in [0.25, 0.3) is 0 Å². The van der Waals surface area contributed by atoms with Crippen molar-refractivity contribution in [1.82, 2.24) is 4.98 Å². The molecule has 0 saturated heterocycles. The highest BCUT2D eigenvalue weighted by Gasteiger charge is 2.12. The molecule has 3 rings (SSSR count). The summed E-state index contributed by atoms with van der Waals surface area (Å²) in [4.78, 5) is 15.4. The number of aromatic nitrogens is 1. The molecule has 0 unspecified atom stereocenters. The SMILES string of the molecule is N#Cc1cccc(/C=C(/CCC(=O)O)c2nc3ccccc3o2)c1. The summed E-state index contributed by atoms with van der Waals surface area (Å²) in [5.41, 5.74) is 3.40. The fourth-order valence-corrected chi connectivity index (χ4v) is 2.39. The number of nitriles is 1. The molecule has 1 N–H and O–H groups in total. The van der Waals surface area contributed by atoms with Gasteiger partial charge in [-0.25, -0.2) is 4.98 Å². The van der Waals surface area contributed by atoms with Crippen LogP contribution in [0.15, 0.2) is 52.9 Å². The lowest BCUT2D eigenvalue weighted by atomic mass is 10.0. The van der Waals surface area contributed by atoms with Crippen molar-refractivity contribution in [3.8, 4) is 6.07 Å². The number of oxazole rings is 1. The summed E-state index contributed by atoms with van der Waals surface area (Å²) >= 11 is 0. The summed E-state index contributed by atoms with van der Waals surface area (Å²) in [6.07, 6.45) is 2.08. The average molecular weight is 318 g/mol. The Kier molecular flexibility index (Phi) is 4.39. The van der Waals surface area contributed by atoms with Crippen LogP contribution in [0.1, 0.15) is 29.9 Å². The summed E-state index contributed by atoms with van der Waals surface area (Å²) < 4.78 is 5.75. The molecule has 0 fully saturated rings. The number of carbonyl (C=O) groups is 1. The first-order valence-corrected chi connectivity index (χ1v) is 7.44. The molecule has 118 valence electrons. The van der Waals surface area contributed by atoms with E-state index in [-0.39, 0.29) is 6.42 Å². The van der Waals surface area contributed by atoms with E-state index in [2.05, 4.69) is 11.1 Å². The Morgan fingerprint density at radius 1 is 1.21 bits per heavy atom. The van der Waals surface area contributed by atoms with Gasteiger partial charge in [-0.1, -0.05) is 24.3 Å². The van der Waals surface area contributed by atoms with Crippen molar-refractivity contribution in [3.63, 3.8) is 0 Å². The van der Waals surface area contributed by atoms with E-state index >= 15 is 0 Å². The maximum atomic E-state index is 10.9. The second-order valence-electron chi connectivity index (χ2n) is 5.29. The molecule has 24 heavy (non-hydrogen) atoms. The molecule has 0 aliphatic carbocycles. The molecule has 0 spiro atoms. The molecule has 3 aromatic rings. The Morgan fingerprint density at radius 3 is 2.79 bits per heavy atom. The van der Waals surface area contributed by atoms with Gasteiger partial charge < -0.3 is 9.52 Å². The number of benzene rings is 2. The number of hydrogen-bond acceptors (Lipinski definition) is 4. The highest BCUT2D eigenvalue weighted by Crippen LogP contribution is 2.26. The molecular formula is C19H14N2O3. The van der Waals surface area contributed by atoms with Crippen LogP contribution in [0, 0.1) is 11.3 Å². The second kappa shape index (κ2) is 6.80. The second-order valence-corrected chi connectivity index (χ2v) is 5.29. The van der Waals surface area contributed by atoms with E-state index < -0.39 is 5.97 Å². The van der Waals surface area contributed by atoms with Gasteiger partial charge in [0.2, 0.25) is 5.89 Å². The molecule has 0 saturated carbocycles.